The largest absolute Gasteiger partial charge is 0.507 e. The number of aromatic hydroxyl groups is 1. The Morgan fingerprint density at radius 3 is 2.56 bits per heavy atom. The van der Waals surface area contributed by atoms with Gasteiger partial charge in [0, 0.05) is 16.2 Å². The van der Waals surface area contributed by atoms with E-state index in [2.05, 4.69) is 21.2 Å². The summed E-state index contributed by atoms with van der Waals surface area (Å²) in [6.07, 6.45) is 0. The van der Waals surface area contributed by atoms with Crippen LogP contribution in [-0.4, -0.2) is 11.0 Å². The van der Waals surface area contributed by atoms with Crippen LogP contribution in [0.25, 0.3) is 0 Å². The summed E-state index contributed by atoms with van der Waals surface area (Å²) in [5.41, 5.74) is 0.822. The first kappa shape index (κ1) is 12.9. The number of benzene rings is 2. The second kappa shape index (κ2) is 5.42. The van der Waals surface area contributed by atoms with Gasteiger partial charge in [-0.05, 0) is 34.1 Å². The smallest absolute Gasteiger partial charge is 0.259 e. The number of carbonyl (C=O) groups excluding carboxylic acids is 1. The maximum absolute atomic E-state index is 12.0. The summed E-state index contributed by atoms with van der Waals surface area (Å²) in [6, 6.07) is 11.8. The van der Waals surface area contributed by atoms with E-state index in [-0.39, 0.29) is 11.3 Å². The zero-order valence-electron chi connectivity index (χ0n) is 9.15. The van der Waals surface area contributed by atoms with Crippen LogP contribution in [0.4, 0.5) is 5.69 Å². The molecule has 5 heteroatoms. The third-order valence-corrected chi connectivity index (χ3v) is 3.51. The van der Waals surface area contributed by atoms with Gasteiger partial charge >= 0.3 is 0 Å². The van der Waals surface area contributed by atoms with E-state index in [0.29, 0.717) is 15.2 Å². The molecule has 0 unspecified atom stereocenters. The average molecular weight is 327 g/mol. The van der Waals surface area contributed by atoms with E-state index in [1.165, 1.54) is 12.1 Å². The summed E-state index contributed by atoms with van der Waals surface area (Å²) in [4.78, 5) is 12.0. The third kappa shape index (κ3) is 2.83. The van der Waals surface area contributed by atoms with Crippen molar-refractivity contribution in [1.82, 2.24) is 0 Å². The molecule has 3 nitrogen and oxygen atoms in total. The van der Waals surface area contributed by atoms with Crippen LogP contribution in [-0.2, 0) is 0 Å². The number of hydrogen-bond acceptors (Lipinski definition) is 2. The maximum Gasteiger partial charge on any atom is 0.259 e. The lowest BCUT2D eigenvalue weighted by Gasteiger charge is -2.08. The monoisotopic (exact) mass is 325 g/mol. The molecule has 0 aliphatic rings. The third-order valence-electron chi connectivity index (χ3n) is 2.31. The van der Waals surface area contributed by atoms with Crippen molar-refractivity contribution < 1.29 is 9.90 Å². The molecule has 0 atom stereocenters. The highest BCUT2D eigenvalue weighted by Crippen LogP contribution is 2.30. The van der Waals surface area contributed by atoms with Crippen molar-refractivity contribution in [2.45, 2.75) is 0 Å². The van der Waals surface area contributed by atoms with Crippen LogP contribution >= 0.6 is 27.5 Å². The van der Waals surface area contributed by atoms with Crippen molar-refractivity contribution in [2.24, 2.45) is 0 Å². The fourth-order valence-electron chi connectivity index (χ4n) is 1.44. The molecule has 0 radical (unpaired) electrons. The highest BCUT2D eigenvalue weighted by atomic mass is 79.9. The van der Waals surface area contributed by atoms with Gasteiger partial charge in [-0.3, -0.25) is 4.79 Å². The Morgan fingerprint density at radius 2 is 1.89 bits per heavy atom. The Balaban J connectivity index is 2.27. The molecule has 92 valence electrons. The first-order valence-electron chi connectivity index (χ1n) is 5.12. The molecular weight excluding hydrogens is 318 g/mol. The molecule has 2 N–H and O–H groups in total. The lowest BCUT2D eigenvalue weighted by atomic mass is 10.2. The van der Waals surface area contributed by atoms with Gasteiger partial charge in [0.2, 0.25) is 0 Å². The number of carbonyl (C=O) groups is 1. The van der Waals surface area contributed by atoms with E-state index in [1.54, 1.807) is 12.1 Å². The van der Waals surface area contributed by atoms with E-state index in [4.69, 9.17) is 11.6 Å². The first-order chi connectivity index (χ1) is 8.58. The normalized spacial score (nSPS) is 10.1. The number of phenols is 1. The van der Waals surface area contributed by atoms with Gasteiger partial charge in [0.05, 0.1) is 10.6 Å². The summed E-state index contributed by atoms with van der Waals surface area (Å²) in [5, 5.41) is 12.7. The predicted molar refractivity (Wildman–Crippen MR) is 75.2 cm³/mol. The highest BCUT2D eigenvalue weighted by Gasteiger charge is 2.13. The zero-order valence-corrected chi connectivity index (χ0v) is 11.5. The van der Waals surface area contributed by atoms with Gasteiger partial charge in [0.1, 0.15) is 5.75 Å². The second-order valence-corrected chi connectivity index (χ2v) is 4.87. The van der Waals surface area contributed by atoms with Crippen molar-refractivity contribution in [3.05, 3.63) is 57.5 Å². The van der Waals surface area contributed by atoms with E-state index >= 15 is 0 Å². The van der Waals surface area contributed by atoms with Crippen LogP contribution in [0.1, 0.15) is 10.4 Å². The molecule has 2 aromatic rings. The molecule has 18 heavy (non-hydrogen) atoms. The highest BCUT2D eigenvalue weighted by molar-refractivity contribution is 9.10. The zero-order chi connectivity index (χ0) is 13.1. The van der Waals surface area contributed by atoms with Crippen molar-refractivity contribution in [3.63, 3.8) is 0 Å². The van der Waals surface area contributed by atoms with Gasteiger partial charge in [0.15, 0.2) is 0 Å². The minimum Gasteiger partial charge on any atom is -0.507 e. The minimum atomic E-state index is -0.393. The molecule has 0 saturated carbocycles. The van der Waals surface area contributed by atoms with Crippen LogP contribution in [0.2, 0.25) is 5.02 Å². The van der Waals surface area contributed by atoms with Crippen LogP contribution in [0.15, 0.2) is 46.9 Å². The van der Waals surface area contributed by atoms with Crippen LogP contribution < -0.4 is 5.32 Å². The second-order valence-electron chi connectivity index (χ2n) is 3.60. The summed E-state index contributed by atoms with van der Waals surface area (Å²) >= 11 is 9.02. The number of phenolic OH excluding ortho intramolecular Hbond substituents is 1. The molecule has 0 bridgehead atoms. The molecule has 0 fully saturated rings. The maximum atomic E-state index is 12.0. The fourth-order valence-corrected chi connectivity index (χ4v) is 1.94. The molecule has 2 aromatic carbocycles. The number of amides is 1. The number of rotatable bonds is 2. The van der Waals surface area contributed by atoms with Crippen LogP contribution in [0.3, 0.4) is 0 Å². The molecular formula is C13H9BrClNO2. The lowest BCUT2D eigenvalue weighted by molar-refractivity contribution is 0.102. The minimum absolute atomic E-state index is 0.156. The topological polar surface area (TPSA) is 49.3 Å². The van der Waals surface area contributed by atoms with Crippen molar-refractivity contribution >= 4 is 39.1 Å². The van der Waals surface area contributed by atoms with Crippen molar-refractivity contribution in [3.8, 4) is 5.75 Å². The summed E-state index contributed by atoms with van der Waals surface area (Å²) in [6.45, 7) is 0. The molecule has 0 aromatic heterocycles. The van der Waals surface area contributed by atoms with E-state index in [0.717, 1.165) is 0 Å². The Bertz CT molecular complexity index is 587. The Kier molecular flexibility index (Phi) is 3.89. The number of nitrogens with one attached hydrogen (secondary N) is 1. The predicted octanol–water partition coefficient (Wildman–Crippen LogP) is 4.06. The molecule has 0 aliphatic carbocycles. The van der Waals surface area contributed by atoms with Gasteiger partial charge in [-0.25, -0.2) is 0 Å². The summed E-state index contributed by atoms with van der Waals surface area (Å²) in [7, 11) is 0. The van der Waals surface area contributed by atoms with Crippen LogP contribution in [0, 0.1) is 0 Å². The lowest BCUT2D eigenvalue weighted by Crippen LogP contribution is -2.12. The average Bonchev–Trinajstić information content (AvgIpc) is 2.35. The summed E-state index contributed by atoms with van der Waals surface area (Å²) < 4.78 is 0.556. The summed E-state index contributed by atoms with van der Waals surface area (Å²) in [5.74, 6) is -0.548. The first-order valence-corrected chi connectivity index (χ1v) is 6.29. The van der Waals surface area contributed by atoms with E-state index in [9.17, 15) is 9.90 Å². The van der Waals surface area contributed by atoms with E-state index < -0.39 is 5.91 Å². The SMILES string of the molecule is O=C(Nc1ccccc1)c1cc(Br)c(Cl)cc1O. The molecule has 0 spiro atoms. The van der Waals surface area contributed by atoms with E-state index in [1.807, 2.05) is 18.2 Å². The van der Waals surface area contributed by atoms with Gasteiger partial charge in [-0.1, -0.05) is 29.8 Å². The van der Waals surface area contributed by atoms with Crippen LogP contribution in [0.5, 0.6) is 5.75 Å². The molecule has 2 rings (SSSR count). The quantitative estimate of drug-likeness (QED) is 0.874. The number of halogens is 2. The number of para-hydroxylation sites is 1. The Morgan fingerprint density at radius 1 is 1.22 bits per heavy atom. The Hall–Kier alpha value is -1.52. The molecule has 0 saturated heterocycles. The molecule has 1 amide bonds. The van der Waals surface area contributed by atoms with Gasteiger partial charge in [-0.2, -0.15) is 0 Å². The molecule has 0 aliphatic heterocycles. The van der Waals surface area contributed by atoms with Crippen molar-refractivity contribution in [2.75, 3.05) is 5.32 Å². The van der Waals surface area contributed by atoms with Gasteiger partial charge in [0.25, 0.3) is 5.91 Å². The number of anilines is 1. The fraction of sp³-hybridized carbons (Fsp3) is 0. The Labute approximate surface area is 118 Å². The van der Waals surface area contributed by atoms with Gasteiger partial charge in [-0.15, -0.1) is 0 Å². The van der Waals surface area contributed by atoms with Gasteiger partial charge < -0.3 is 10.4 Å². The van der Waals surface area contributed by atoms with Crippen molar-refractivity contribution in [1.29, 1.82) is 0 Å². The molecule has 0 heterocycles. The standard InChI is InChI=1S/C13H9BrClNO2/c14-10-6-9(12(17)7-11(10)15)13(18)16-8-4-2-1-3-5-8/h1-7,17H,(H,16,18). The number of hydrogen-bond donors (Lipinski definition) is 2.